The van der Waals surface area contributed by atoms with E-state index in [1.165, 1.54) is 0 Å². The van der Waals surface area contributed by atoms with Gasteiger partial charge in [0, 0.05) is 44.2 Å². The molecule has 0 saturated heterocycles. The molecule has 0 amide bonds. The number of oxime groups is 1. The maximum atomic E-state index is 10.3. The number of aromatic nitrogens is 2. The Hall–Kier alpha value is -3.71. The van der Waals surface area contributed by atoms with Crippen LogP contribution in [-0.2, 0) is 0 Å². The van der Waals surface area contributed by atoms with Crippen molar-refractivity contribution in [3.8, 4) is 11.5 Å². The normalized spacial score (nSPS) is 12.1. The number of H-pyrrole nitrogens is 2. The van der Waals surface area contributed by atoms with E-state index in [1.54, 1.807) is 14.2 Å². The number of hydrogen-bond donors (Lipinski definition) is 3. The van der Waals surface area contributed by atoms with E-state index in [0.29, 0.717) is 5.71 Å². The lowest BCUT2D eigenvalue weighted by atomic mass is 9.84. The molecule has 0 saturated carbocycles. The Morgan fingerprint density at radius 1 is 0.818 bits per heavy atom. The van der Waals surface area contributed by atoms with E-state index in [9.17, 15) is 5.21 Å². The van der Waals surface area contributed by atoms with Crippen molar-refractivity contribution in [1.29, 1.82) is 0 Å². The predicted octanol–water partition coefficient (Wildman–Crippen LogP) is 6.44. The van der Waals surface area contributed by atoms with Gasteiger partial charge in [0.2, 0.25) is 0 Å². The summed E-state index contributed by atoms with van der Waals surface area (Å²) in [6.07, 6.45) is 3.94. The minimum atomic E-state index is -0.363. The highest BCUT2D eigenvalue weighted by Crippen LogP contribution is 2.39. The van der Waals surface area contributed by atoms with Gasteiger partial charge >= 0.3 is 0 Å². The van der Waals surface area contributed by atoms with Crippen LogP contribution in [-0.4, -0.2) is 35.1 Å². The molecule has 3 aromatic carbocycles. The largest absolute Gasteiger partial charge is 0.497 e. The Labute approximate surface area is 199 Å². The first-order chi connectivity index (χ1) is 16.1. The molecule has 0 aliphatic carbocycles. The summed E-state index contributed by atoms with van der Waals surface area (Å²) in [5.74, 6) is 1.15. The molecule has 0 aliphatic rings. The van der Waals surface area contributed by atoms with Crippen LogP contribution in [0.1, 0.15) is 22.6 Å². The number of nitrogens with one attached hydrogen (secondary N) is 2. The minimum Gasteiger partial charge on any atom is -0.497 e. The van der Waals surface area contributed by atoms with Gasteiger partial charge < -0.3 is 24.6 Å². The maximum absolute atomic E-state index is 10.3. The lowest BCUT2D eigenvalue weighted by molar-refractivity contribution is 0.317. The molecule has 0 radical (unpaired) electrons. The van der Waals surface area contributed by atoms with E-state index >= 15 is 0 Å². The summed E-state index contributed by atoms with van der Waals surface area (Å²) < 4.78 is 11.9. The van der Waals surface area contributed by atoms with Gasteiger partial charge in [0.1, 0.15) is 11.5 Å². The Balaban J connectivity index is 1.79. The third kappa shape index (κ3) is 3.74. The quantitative estimate of drug-likeness (QED) is 0.141. The van der Waals surface area contributed by atoms with Crippen molar-refractivity contribution in [3.63, 3.8) is 0 Å². The zero-order valence-corrected chi connectivity index (χ0v) is 19.7. The number of nitrogens with zero attached hydrogens (tertiary/aromatic N) is 1. The molecule has 6 nitrogen and oxygen atoms in total. The Kier molecular flexibility index (Phi) is 5.56. The average molecular weight is 504 g/mol. The molecule has 5 aromatic rings. The molecule has 0 spiro atoms. The highest BCUT2D eigenvalue weighted by atomic mass is 79.9. The standard InChI is InChI=1S/C26H22BrN3O3/c1-32-17-7-9-23-19(11-17)21(13-28-23)25(26(30-31)15-3-5-16(27)6-4-15)22-14-29-24-10-8-18(33-2)12-20(22)24/h3-14,25,28-29,31H,1-2H3/b30-26+. The topological polar surface area (TPSA) is 82.6 Å². The molecule has 2 aromatic heterocycles. The summed E-state index contributed by atoms with van der Waals surface area (Å²) in [6.45, 7) is 0. The number of rotatable bonds is 6. The second-order valence-electron chi connectivity index (χ2n) is 7.74. The van der Waals surface area contributed by atoms with Gasteiger partial charge in [-0.05, 0) is 59.7 Å². The molecule has 3 N–H and O–H groups in total. The lowest BCUT2D eigenvalue weighted by Crippen LogP contribution is -2.15. The van der Waals surface area contributed by atoms with Crippen LogP contribution >= 0.6 is 15.9 Å². The number of halogens is 1. The summed E-state index contributed by atoms with van der Waals surface area (Å²) in [7, 11) is 3.30. The molecule has 0 fully saturated rings. The molecule has 0 aliphatic heterocycles. The van der Waals surface area contributed by atoms with Gasteiger partial charge in [-0.3, -0.25) is 0 Å². The summed E-state index contributed by atoms with van der Waals surface area (Å²) >= 11 is 3.49. The van der Waals surface area contributed by atoms with Crippen molar-refractivity contribution in [2.45, 2.75) is 5.92 Å². The van der Waals surface area contributed by atoms with Gasteiger partial charge in [-0.2, -0.15) is 0 Å². The van der Waals surface area contributed by atoms with Crippen molar-refractivity contribution in [2.24, 2.45) is 5.16 Å². The van der Waals surface area contributed by atoms with E-state index in [4.69, 9.17) is 9.47 Å². The second kappa shape index (κ2) is 8.67. The molecule has 0 unspecified atom stereocenters. The minimum absolute atomic E-state index is 0.363. The lowest BCUT2D eigenvalue weighted by Gasteiger charge is -2.19. The molecular weight excluding hydrogens is 482 g/mol. The van der Waals surface area contributed by atoms with Crippen LogP contribution in [0.15, 0.2) is 82.7 Å². The summed E-state index contributed by atoms with van der Waals surface area (Å²) in [6, 6.07) is 19.6. The van der Waals surface area contributed by atoms with Crippen molar-refractivity contribution in [2.75, 3.05) is 14.2 Å². The highest BCUT2D eigenvalue weighted by Gasteiger charge is 2.28. The molecule has 5 rings (SSSR count). The molecule has 33 heavy (non-hydrogen) atoms. The second-order valence-corrected chi connectivity index (χ2v) is 8.65. The van der Waals surface area contributed by atoms with Crippen LogP contribution in [0.25, 0.3) is 21.8 Å². The molecular formula is C26H22BrN3O3. The van der Waals surface area contributed by atoms with Gasteiger partial charge in [-0.1, -0.05) is 33.2 Å². The number of methoxy groups -OCH3 is 2. The number of hydrogen-bond acceptors (Lipinski definition) is 4. The van der Waals surface area contributed by atoms with E-state index in [1.807, 2.05) is 73.1 Å². The summed E-state index contributed by atoms with van der Waals surface area (Å²) in [5, 5.41) is 16.1. The van der Waals surface area contributed by atoms with Crippen LogP contribution in [0.2, 0.25) is 0 Å². The fourth-order valence-electron chi connectivity index (χ4n) is 4.34. The van der Waals surface area contributed by atoms with Gasteiger partial charge in [-0.15, -0.1) is 0 Å². The Bertz CT molecular complexity index is 1390. The average Bonchev–Trinajstić information content (AvgIpc) is 3.46. The van der Waals surface area contributed by atoms with Gasteiger partial charge in [-0.25, -0.2) is 0 Å². The van der Waals surface area contributed by atoms with Crippen LogP contribution in [0.5, 0.6) is 11.5 Å². The van der Waals surface area contributed by atoms with Crippen LogP contribution in [0, 0.1) is 0 Å². The van der Waals surface area contributed by atoms with E-state index in [-0.39, 0.29) is 5.92 Å². The number of aromatic amines is 2. The van der Waals surface area contributed by atoms with Gasteiger partial charge in [0.25, 0.3) is 0 Å². The number of fused-ring (bicyclic) bond motifs is 2. The third-order valence-electron chi connectivity index (χ3n) is 5.98. The van der Waals surface area contributed by atoms with Gasteiger partial charge in [0.15, 0.2) is 0 Å². The smallest absolute Gasteiger partial charge is 0.119 e. The molecule has 0 bridgehead atoms. The zero-order chi connectivity index (χ0) is 22.9. The summed E-state index contributed by atoms with van der Waals surface area (Å²) in [5.41, 5.74) is 5.25. The van der Waals surface area contributed by atoms with Crippen LogP contribution in [0.4, 0.5) is 0 Å². The van der Waals surface area contributed by atoms with E-state index in [0.717, 1.165) is 54.5 Å². The van der Waals surface area contributed by atoms with Gasteiger partial charge in [0.05, 0.1) is 25.8 Å². The number of benzene rings is 3. The van der Waals surface area contributed by atoms with Crippen molar-refractivity contribution < 1.29 is 14.7 Å². The monoisotopic (exact) mass is 503 g/mol. The van der Waals surface area contributed by atoms with Crippen LogP contribution < -0.4 is 9.47 Å². The predicted molar refractivity (Wildman–Crippen MR) is 134 cm³/mol. The van der Waals surface area contributed by atoms with E-state index in [2.05, 4.69) is 31.1 Å². The molecule has 0 atom stereocenters. The highest BCUT2D eigenvalue weighted by molar-refractivity contribution is 9.10. The molecule has 166 valence electrons. The maximum Gasteiger partial charge on any atom is 0.119 e. The Morgan fingerprint density at radius 3 is 1.79 bits per heavy atom. The summed E-state index contributed by atoms with van der Waals surface area (Å²) in [4.78, 5) is 6.71. The first kappa shape index (κ1) is 21.2. The van der Waals surface area contributed by atoms with Crippen molar-refractivity contribution >= 4 is 43.4 Å². The fourth-order valence-corrected chi connectivity index (χ4v) is 4.60. The molecule has 2 heterocycles. The SMILES string of the molecule is COc1ccc2[nH]cc(C(/C(=N/O)c3ccc(Br)cc3)c3c[nH]c4ccc(OC)cc34)c2c1. The third-order valence-corrected chi connectivity index (χ3v) is 6.51. The first-order valence-corrected chi connectivity index (χ1v) is 11.2. The van der Waals surface area contributed by atoms with Crippen molar-refractivity contribution in [3.05, 3.63) is 94.2 Å². The number of ether oxygens (including phenoxy) is 2. The first-order valence-electron chi connectivity index (χ1n) is 10.4. The fraction of sp³-hybridized carbons (Fsp3) is 0.115. The van der Waals surface area contributed by atoms with Crippen molar-refractivity contribution in [1.82, 2.24) is 9.97 Å². The zero-order valence-electron chi connectivity index (χ0n) is 18.1. The van der Waals surface area contributed by atoms with E-state index < -0.39 is 0 Å². The van der Waals surface area contributed by atoms with Crippen LogP contribution in [0.3, 0.4) is 0 Å². The molecule has 7 heteroatoms. The Morgan fingerprint density at radius 2 is 1.33 bits per heavy atom.